The molecular weight excluding hydrogens is 364 g/mol. The molecule has 1 unspecified atom stereocenters. The first-order valence-electron chi connectivity index (χ1n) is 9.02. The number of benzene rings is 2. The second-order valence-electron chi connectivity index (χ2n) is 6.70. The first kappa shape index (κ1) is 21.1. The first-order valence-corrected chi connectivity index (χ1v) is 9.02. The fraction of sp³-hybridized carbons (Fsp3) is 0.381. The Morgan fingerprint density at radius 1 is 1.22 bits per heavy atom. The van der Waals surface area contributed by atoms with Crippen molar-refractivity contribution in [2.45, 2.75) is 32.4 Å². The molecule has 3 rings (SSSR count). The van der Waals surface area contributed by atoms with Crippen LogP contribution in [0.15, 0.2) is 42.5 Å². The maximum Gasteiger partial charge on any atom is 0.251 e. The van der Waals surface area contributed by atoms with E-state index < -0.39 is 0 Å². The normalized spacial score (nSPS) is 15.5. The van der Waals surface area contributed by atoms with Gasteiger partial charge in [0.2, 0.25) is 0 Å². The molecule has 2 aromatic rings. The average molecular weight is 391 g/mol. The Labute approximate surface area is 166 Å². The average Bonchev–Trinajstić information content (AvgIpc) is 2.66. The van der Waals surface area contributed by atoms with Crippen LogP contribution >= 0.6 is 12.4 Å². The lowest BCUT2D eigenvalue weighted by atomic mass is 9.94. The Morgan fingerprint density at radius 2 is 2.00 bits per heavy atom. The summed E-state index contributed by atoms with van der Waals surface area (Å²) in [5, 5.41) is 6.50. The number of carbonyl (C=O) groups excluding carboxylic acids is 1. The van der Waals surface area contributed by atoms with Crippen molar-refractivity contribution in [3.63, 3.8) is 0 Å². The molecule has 0 bridgehead atoms. The highest BCUT2D eigenvalue weighted by Gasteiger charge is 2.20. The van der Waals surface area contributed by atoms with Crippen LogP contribution in [0.5, 0.6) is 11.5 Å². The molecule has 27 heavy (non-hydrogen) atoms. The standard InChI is InChI=1S/C21H26N2O3.ClH/c1-14(2)26-19-9-8-16(12-20(19)25-3)21(24)23-13-18-17-7-5-4-6-15(17)10-11-22-18;/h4-9,12,14,18,22H,10-11,13H2,1-3H3,(H,23,24);1H. The number of rotatable bonds is 6. The van der Waals surface area contributed by atoms with Crippen LogP contribution in [-0.4, -0.2) is 32.2 Å². The molecular formula is C21H27ClN2O3. The molecule has 0 saturated carbocycles. The topological polar surface area (TPSA) is 59.6 Å². The number of hydrogen-bond donors (Lipinski definition) is 2. The van der Waals surface area contributed by atoms with E-state index in [1.807, 2.05) is 19.9 Å². The third-order valence-electron chi connectivity index (χ3n) is 4.47. The highest BCUT2D eigenvalue weighted by atomic mass is 35.5. The third kappa shape index (κ3) is 5.15. The van der Waals surface area contributed by atoms with Crippen LogP contribution in [0.2, 0.25) is 0 Å². The van der Waals surface area contributed by atoms with Gasteiger partial charge in [-0.15, -0.1) is 12.4 Å². The molecule has 0 saturated heterocycles. The number of fused-ring (bicyclic) bond motifs is 1. The summed E-state index contributed by atoms with van der Waals surface area (Å²) in [6.45, 7) is 5.37. The van der Waals surface area contributed by atoms with Crippen LogP contribution in [0.1, 0.15) is 41.4 Å². The second kappa shape index (κ2) is 9.62. The van der Waals surface area contributed by atoms with Crippen LogP contribution in [0.4, 0.5) is 0 Å². The van der Waals surface area contributed by atoms with Crippen molar-refractivity contribution >= 4 is 18.3 Å². The predicted octanol–water partition coefficient (Wildman–Crippen LogP) is 3.52. The molecule has 0 aromatic heterocycles. The first-order chi connectivity index (χ1) is 12.6. The van der Waals surface area contributed by atoms with E-state index in [-0.39, 0.29) is 30.5 Å². The quantitative estimate of drug-likeness (QED) is 0.792. The van der Waals surface area contributed by atoms with Gasteiger partial charge in [-0.25, -0.2) is 0 Å². The lowest BCUT2D eigenvalue weighted by Crippen LogP contribution is -2.38. The van der Waals surface area contributed by atoms with Gasteiger partial charge in [0, 0.05) is 18.2 Å². The molecule has 146 valence electrons. The number of halogens is 1. The zero-order valence-electron chi connectivity index (χ0n) is 16.0. The Morgan fingerprint density at radius 3 is 2.74 bits per heavy atom. The number of ether oxygens (including phenoxy) is 2. The number of amides is 1. The maximum absolute atomic E-state index is 12.6. The largest absolute Gasteiger partial charge is 0.493 e. The molecule has 0 radical (unpaired) electrons. The molecule has 0 fully saturated rings. The van der Waals surface area contributed by atoms with Gasteiger partial charge in [0.05, 0.1) is 13.2 Å². The van der Waals surface area contributed by atoms with Crippen molar-refractivity contribution in [1.82, 2.24) is 10.6 Å². The van der Waals surface area contributed by atoms with Crippen LogP contribution in [0.3, 0.4) is 0 Å². The molecule has 1 aliphatic rings. The fourth-order valence-electron chi connectivity index (χ4n) is 3.23. The molecule has 6 heteroatoms. The van der Waals surface area contributed by atoms with E-state index in [1.54, 1.807) is 25.3 Å². The molecule has 2 N–H and O–H groups in total. The van der Waals surface area contributed by atoms with Gasteiger partial charge in [-0.3, -0.25) is 4.79 Å². The minimum Gasteiger partial charge on any atom is -0.493 e. The van der Waals surface area contributed by atoms with Gasteiger partial charge < -0.3 is 20.1 Å². The Hall–Kier alpha value is -2.24. The molecule has 1 atom stereocenters. The smallest absolute Gasteiger partial charge is 0.251 e. The van der Waals surface area contributed by atoms with E-state index in [0.29, 0.717) is 23.6 Å². The molecule has 0 aliphatic carbocycles. The molecule has 1 aliphatic heterocycles. The number of carbonyl (C=O) groups is 1. The summed E-state index contributed by atoms with van der Waals surface area (Å²) in [6, 6.07) is 13.8. The Kier molecular flexibility index (Phi) is 7.51. The van der Waals surface area contributed by atoms with Gasteiger partial charge in [0.1, 0.15) is 0 Å². The van der Waals surface area contributed by atoms with Crippen molar-refractivity contribution in [1.29, 1.82) is 0 Å². The SMILES string of the molecule is COc1cc(C(=O)NCC2NCCc3ccccc32)ccc1OC(C)C.Cl. The van der Waals surface area contributed by atoms with Gasteiger partial charge in [-0.1, -0.05) is 24.3 Å². The van der Waals surface area contributed by atoms with E-state index in [2.05, 4.69) is 28.8 Å². The minimum absolute atomic E-state index is 0. The van der Waals surface area contributed by atoms with Gasteiger partial charge >= 0.3 is 0 Å². The summed E-state index contributed by atoms with van der Waals surface area (Å²) in [6.07, 6.45) is 1.07. The molecule has 0 spiro atoms. The van der Waals surface area contributed by atoms with Crippen molar-refractivity contribution in [3.05, 3.63) is 59.2 Å². The summed E-state index contributed by atoms with van der Waals surface area (Å²) in [7, 11) is 1.58. The summed E-state index contributed by atoms with van der Waals surface area (Å²) in [4.78, 5) is 12.6. The van der Waals surface area contributed by atoms with Crippen molar-refractivity contribution in [2.75, 3.05) is 20.2 Å². The lowest BCUT2D eigenvalue weighted by Gasteiger charge is -2.27. The van der Waals surface area contributed by atoms with Crippen molar-refractivity contribution < 1.29 is 14.3 Å². The highest BCUT2D eigenvalue weighted by Crippen LogP contribution is 2.29. The molecule has 2 aromatic carbocycles. The zero-order valence-corrected chi connectivity index (χ0v) is 16.8. The fourth-order valence-corrected chi connectivity index (χ4v) is 3.23. The summed E-state index contributed by atoms with van der Waals surface area (Å²) >= 11 is 0. The van der Waals surface area contributed by atoms with Crippen molar-refractivity contribution in [3.8, 4) is 11.5 Å². The van der Waals surface area contributed by atoms with E-state index in [9.17, 15) is 4.79 Å². The summed E-state index contributed by atoms with van der Waals surface area (Å²) in [5.74, 6) is 1.08. The summed E-state index contributed by atoms with van der Waals surface area (Å²) in [5.41, 5.74) is 3.17. The Bertz CT molecular complexity index is 780. The molecule has 5 nitrogen and oxygen atoms in total. The van der Waals surface area contributed by atoms with Crippen LogP contribution in [0.25, 0.3) is 0 Å². The second-order valence-corrected chi connectivity index (χ2v) is 6.70. The maximum atomic E-state index is 12.6. The van der Waals surface area contributed by atoms with E-state index >= 15 is 0 Å². The minimum atomic E-state index is -0.121. The highest BCUT2D eigenvalue weighted by molar-refractivity contribution is 5.94. The third-order valence-corrected chi connectivity index (χ3v) is 4.47. The van der Waals surface area contributed by atoms with Crippen LogP contribution in [0, 0.1) is 0 Å². The number of hydrogen-bond acceptors (Lipinski definition) is 4. The van der Waals surface area contributed by atoms with Gasteiger partial charge in [-0.05, 0) is 56.1 Å². The van der Waals surface area contributed by atoms with Crippen LogP contribution < -0.4 is 20.1 Å². The Balaban J connectivity index is 0.00000261. The monoisotopic (exact) mass is 390 g/mol. The van der Waals surface area contributed by atoms with E-state index in [1.165, 1.54) is 11.1 Å². The predicted molar refractivity (Wildman–Crippen MR) is 109 cm³/mol. The summed E-state index contributed by atoms with van der Waals surface area (Å²) < 4.78 is 11.1. The lowest BCUT2D eigenvalue weighted by molar-refractivity contribution is 0.0948. The zero-order chi connectivity index (χ0) is 18.5. The van der Waals surface area contributed by atoms with Crippen LogP contribution in [-0.2, 0) is 6.42 Å². The molecule has 1 amide bonds. The van der Waals surface area contributed by atoms with E-state index in [0.717, 1.165) is 13.0 Å². The number of nitrogens with one attached hydrogen (secondary N) is 2. The number of methoxy groups -OCH3 is 1. The van der Waals surface area contributed by atoms with Gasteiger partial charge in [0.15, 0.2) is 11.5 Å². The van der Waals surface area contributed by atoms with Gasteiger partial charge in [-0.2, -0.15) is 0 Å². The van der Waals surface area contributed by atoms with Gasteiger partial charge in [0.25, 0.3) is 5.91 Å². The molecule has 1 heterocycles. The van der Waals surface area contributed by atoms with E-state index in [4.69, 9.17) is 9.47 Å². The van der Waals surface area contributed by atoms with Crippen molar-refractivity contribution in [2.24, 2.45) is 0 Å².